The summed E-state index contributed by atoms with van der Waals surface area (Å²) in [5, 5.41) is 10.1. The van der Waals surface area contributed by atoms with Gasteiger partial charge in [-0.3, -0.25) is 19.1 Å². The van der Waals surface area contributed by atoms with Crippen molar-refractivity contribution in [3.63, 3.8) is 0 Å². The molecule has 0 aromatic carbocycles. The van der Waals surface area contributed by atoms with Crippen LogP contribution in [0.3, 0.4) is 0 Å². The summed E-state index contributed by atoms with van der Waals surface area (Å²) in [7, 11) is 0. The first-order chi connectivity index (χ1) is 11.6. The van der Waals surface area contributed by atoms with E-state index in [1.54, 1.807) is 20.8 Å². The Balaban J connectivity index is 2.13. The van der Waals surface area contributed by atoms with Crippen molar-refractivity contribution in [1.82, 2.24) is 9.55 Å². The fourth-order valence-corrected chi connectivity index (χ4v) is 2.60. The average Bonchev–Trinajstić information content (AvgIpc) is 2.87. The molecule has 0 bridgehead atoms. The summed E-state index contributed by atoms with van der Waals surface area (Å²) in [6.07, 6.45) is 0.584. The van der Waals surface area contributed by atoms with E-state index in [1.807, 2.05) is 0 Å². The number of aromatic nitrogens is 2. The lowest BCUT2D eigenvalue weighted by Crippen LogP contribution is -2.34. The van der Waals surface area contributed by atoms with Gasteiger partial charge >= 0.3 is 11.7 Å². The van der Waals surface area contributed by atoms with Gasteiger partial charge in [-0.25, -0.2) is 4.79 Å². The number of aliphatic hydroxyl groups excluding tert-OH is 1. The Kier molecular flexibility index (Phi) is 6.02. The number of hydrogen-bond acceptors (Lipinski definition) is 6. The van der Waals surface area contributed by atoms with Crippen molar-refractivity contribution in [3.8, 4) is 0 Å². The molecule has 2 rings (SSSR count). The minimum Gasteiger partial charge on any atom is -0.462 e. The molecule has 0 unspecified atom stereocenters. The first kappa shape index (κ1) is 19.6. The van der Waals surface area contributed by atoms with E-state index in [1.165, 1.54) is 21.8 Å². The third-order valence-electron chi connectivity index (χ3n) is 3.74. The number of rotatable bonds is 4. The van der Waals surface area contributed by atoms with Crippen molar-refractivity contribution in [3.05, 3.63) is 37.6 Å². The Morgan fingerprint density at radius 2 is 2.20 bits per heavy atom. The van der Waals surface area contributed by atoms with Crippen LogP contribution in [0.2, 0.25) is 0 Å². The predicted octanol–water partition coefficient (Wildman–Crippen LogP) is 1.14. The van der Waals surface area contributed by atoms with Crippen LogP contribution in [-0.4, -0.2) is 39.4 Å². The number of halogens is 1. The molecule has 0 aliphatic carbocycles. The van der Waals surface area contributed by atoms with E-state index in [2.05, 4.69) is 20.9 Å². The fourth-order valence-electron chi connectivity index (χ4n) is 2.31. The number of aliphatic hydroxyl groups is 1. The summed E-state index contributed by atoms with van der Waals surface area (Å²) in [5.74, 6) is -0.405. The number of nitrogens with zero attached hydrogens (tertiary/aromatic N) is 1. The second kappa shape index (κ2) is 7.67. The van der Waals surface area contributed by atoms with Gasteiger partial charge in [-0.15, -0.1) is 0 Å². The number of hydrogen-bond donors (Lipinski definition) is 2. The topological polar surface area (TPSA) is 111 Å². The van der Waals surface area contributed by atoms with E-state index in [4.69, 9.17) is 9.47 Å². The lowest BCUT2D eigenvalue weighted by molar-refractivity contribution is -0.159. The van der Waals surface area contributed by atoms with Gasteiger partial charge in [0.1, 0.15) is 18.9 Å². The highest BCUT2D eigenvalue weighted by Crippen LogP contribution is 2.28. The molecule has 25 heavy (non-hydrogen) atoms. The van der Waals surface area contributed by atoms with Crippen LogP contribution in [0, 0.1) is 5.41 Å². The van der Waals surface area contributed by atoms with Crippen molar-refractivity contribution >= 4 is 28.0 Å². The maximum Gasteiger partial charge on any atom is 0.330 e. The van der Waals surface area contributed by atoms with E-state index in [-0.39, 0.29) is 18.6 Å². The zero-order chi connectivity index (χ0) is 18.8. The Morgan fingerprint density at radius 3 is 2.80 bits per heavy atom. The first-order valence-corrected chi connectivity index (χ1v) is 8.68. The molecular weight excluding hydrogens is 396 g/mol. The molecule has 0 spiro atoms. The van der Waals surface area contributed by atoms with Crippen LogP contribution in [0.15, 0.2) is 20.8 Å². The van der Waals surface area contributed by atoms with Crippen LogP contribution in [0.1, 0.15) is 39.0 Å². The smallest absolute Gasteiger partial charge is 0.330 e. The monoisotopic (exact) mass is 416 g/mol. The largest absolute Gasteiger partial charge is 0.462 e. The fraction of sp³-hybridized carbons (Fsp3) is 0.562. The zero-order valence-corrected chi connectivity index (χ0v) is 15.8. The van der Waals surface area contributed by atoms with Gasteiger partial charge in [0.2, 0.25) is 0 Å². The average molecular weight is 417 g/mol. The molecule has 138 valence electrons. The van der Waals surface area contributed by atoms with Crippen molar-refractivity contribution in [1.29, 1.82) is 0 Å². The minimum absolute atomic E-state index is 0.111. The molecule has 2 heterocycles. The highest BCUT2D eigenvalue weighted by molar-refractivity contribution is 9.11. The Labute approximate surface area is 152 Å². The van der Waals surface area contributed by atoms with Crippen LogP contribution in [0.5, 0.6) is 0 Å². The van der Waals surface area contributed by atoms with E-state index in [0.717, 1.165) is 0 Å². The quantitative estimate of drug-likeness (QED) is 0.711. The number of carbonyl (C=O) groups is 1. The molecule has 0 saturated carbocycles. The third-order valence-corrected chi connectivity index (χ3v) is 4.01. The van der Waals surface area contributed by atoms with Crippen molar-refractivity contribution in [2.75, 3.05) is 6.61 Å². The highest BCUT2D eigenvalue weighted by atomic mass is 79.9. The third kappa shape index (κ3) is 4.68. The van der Waals surface area contributed by atoms with Crippen LogP contribution in [0.4, 0.5) is 0 Å². The second-order valence-corrected chi connectivity index (χ2v) is 7.35. The summed E-state index contributed by atoms with van der Waals surface area (Å²) in [4.78, 5) is 39.2. The summed E-state index contributed by atoms with van der Waals surface area (Å²) >= 11 is 3.08. The molecule has 1 fully saturated rings. The lowest BCUT2D eigenvalue weighted by atomic mass is 9.97. The number of ether oxygens (including phenoxy) is 2. The highest BCUT2D eigenvalue weighted by Gasteiger charge is 2.37. The van der Waals surface area contributed by atoms with E-state index in [9.17, 15) is 19.5 Å². The standard InChI is InChI=1S/C16H21BrN2O6/c1-16(2,3)14(22)24-8-11-10(20)6-12(25-11)19-7-9(4-5-17)13(21)18-15(19)23/h4-5,7,10-12,20H,6,8H2,1-3H3,(H,18,21,23)/b5-4-/t10-,11-,12-/m0/s1. The van der Waals surface area contributed by atoms with Crippen molar-refractivity contribution in [2.45, 2.75) is 45.6 Å². The zero-order valence-electron chi connectivity index (χ0n) is 14.2. The molecule has 0 amide bonds. The van der Waals surface area contributed by atoms with Gasteiger partial charge in [-0.1, -0.05) is 15.9 Å². The number of esters is 1. The molecule has 3 atom stereocenters. The maximum atomic E-state index is 12.0. The lowest BCUT2D eigenvalue weighted by Gasteiger charge is -2.20. The molecular formula is C16H21BrN2O6. The number of aromatic amines is 1. The number of carbonyl (C=O) groups excluding carboxylic acids is 1. The molecule has 1 aliphatic heterocycles. The van der Waals surface area contributed by atoms with E-state index < -0.39 is 41.1 Å². The maximum absolute atomic E-state index is 12.0. The number of nitrogens with one attached hydrogen (secondary N) is 1. The Hall–Kier alpha value is -1.71. The van der Waals surface area contributed by atoms with Gasteiger partial charge in [0, 0.05) is 12.6 Å². The first-order valence-electron chi connectivity index (χ1n) is 7.76. The molecule has 2 N–H and O–H groups in total. The van der Waals surface area contributed by atoms with Gasteiger partial charge in [0.25, 0.3) is 5.56 Å². The molecule has 0 radical (unpaired) electrons. The normalized spacial score (nSPS) is 24.0. The van der Waals surface area contributed by atoms with Crippen LogP contribution in [0.25, 0.3) is 6.08 Å². The van der Waals surface area contributed by atoms with Gasteiger partial charge in [0.15, 0.2) is 0 Å². The van der Waals surface area contributed by atoms with Crippen LogP contribution in [-0.2, 0) is 14.3 Å². The molecule has 9 heteroatoms. The SMILES string of the molecule is CC(C)(C)C(=O)OC[C@@H]1O[C@H](n2cc(/C=C\Br)c(=O)[nH]c2=O)C[C@@H]1O. The van der Waals surface area contributed by atoms with E-state index >= 15 is 0 Å². The van der Waals surface area contributed by atoms with E-state index in [0.29, 0.717) is 0 Å². The molecule has 1 aromatic rings. The molecule has 1 aromatic heterocycles. The van der Waals surface area contributed by atoms with Gasteiger partial charge < -0.3 is 14.6 Å². The van der Waals surface area contributed by atoms with Gasteiger partial charge in [-0.05, 0) is 31.8 Å². The molecule has 8 nitrogen and oxygen atoms in total. The van der Waals surface area contributed by atoms with Crippen molar-refractivity contribution in [2.24, 2.45) is 5.41 Å². The summed E-state index contributed by atoms with van der Waals surface area (Å²) in [6.45, 7) is 5.06. The summed E-state index contributed by atoms with van der Waals surface area (Å²) in [5.41, 5.74) is -1.56. The van der Waals surface area contributed by atoms with Crippen LogP contribution >= 0.6 is 15.9 Å². The Bertz CT molecular complexity index is 776. The second-order valence-electron chi connectivity index (χ2n) is 6.82. The predicted molar refractivity (Wildman–Crippen MR) is 94.2 cm³/mol. The summed E-state index contributed by atoms with van der Waals surface area (Å²) in [6, 6.07) is 0. The van der Waals surface area contributed by atoms with Gasteiger partial charge in [0.05, 0.1) is 17.1 Å². The number of H-pyrrole nitrogens is 1. The molecule has 1 saturated heterocycles. The Morgan fingerprint density at radius 1 is 1.52 bits per heavy atom. The van der Waals surface area contributed by atoms with Crippen molar-refractivity contribution < 1.29 is 19.4 Å². The van der Waals surface area contributed by atoms with Gasteiger partial charge in [-0.2, -0.15) is 0 Å². The molecule has 1 aliphatic rings. The van der Waals surface area contributed by atoms with Crippen LogP contribution < -0.4 is 11.2 Å². The minimum atomic E-state index is -0.897. The summed E-state index contributed by atoms with van der Waals surface area (Å²) < 4.78 is 12.0.